The molecule has 0 spiro atoms. The summed E-state index contributed by atoms with van der Waals surface area (Å²) in [5.41, 5.74) is 3.55. The van der Waals surface area contributed by atoms with Crippen molar-refractivity contribution in [1.29, 1.82) is 5.26 Å². The van der Waals surface area contributed by atoms with Crippen molar-refractivity contribution in [1.82, 2.24) is 24.6 Å². The number of nitriles is 1. The summed E-state index contributed by atoms with van der Waals surface area (Å²) in [6, 6.07) is 21.8. The van der Waals surface area contributed by atoms with Crippen molar-refractivity contribution >= 4 is 34.3 Å². The Morgan fingerprint density at radius 3 is 2.67 bits per heavy atom. The highest BCUT2D eigenvalue weighted by Gasteiger charge is 2.25. The Morgan fingerprint density at radius 2 is 1.93 bits per heavy atom. The van der Waals surface area contributed by atoms with Crippen molar-refractivity contribution < 1.29 is 19.0 Å². The predicted octanol–water partition coefficient (Wildman–Crippen LogP) is 5.47. The molecule has 228 valence electrons. The average molecular weight is 607 g/mol. The molecular weight excluding hydrogens is 575 g/mol. The van der Waals surface area contributed by atoms with Crippen molar-refractivity contribution in [3.05, 3.63) is 102 Å². The molecule has 0 atom stereocenters. The van der Waals surface area contributed by atoms with Crippen LogP contribution in [0.15, 0.2) is 79.1 Å². The van der Waals surface area contributed by atoms with E-state index in [1.807, 2.05) is 36.4 Å². The number of carbonyl (C=O) groups excluding carboxylic acids is 1. The van der Waals surface area contributed by atoms with Crippen LogP contribution in [0.25, 0.3) is 16.6 Å². The van der Waals surface area contributed by atoms with Gasteiger partial charge in [-0.1, -0.05) is 30.3 Å². The van der Waals surface area contributed by atoms with Crippen molar-refractivity contribution in [3.63, 3.8) is 0 Å². The summed E-state index contributed by atoms with van der Waals surface area (Å²) in [7, 11) is 0. The fourth-order valence-electron chi connectivity index (χ4n) is 5.21. The van der Waals surface area contributed by atoms with Crippen LogP contribution in [0.5, 0.6) is 0 Å². The number of anilines is 3. The van der Waals surface area contributed by atoms with E-state index in [9.17, 15) is 15.2 Å². The van der Waals surface area contributed by atoms with Gasteiger partial charge in [0.25, 0.3) is 0 Å². The van der Waals surface area contributed by atoms with Crippen LogP contribution in [-0.2, 0) is 24.4 Å². The Morgan fingerprint density at radius 1 is 1.11 bits per heavy atom. The predicted molar refractivity (Wildman–Crippen MR) is 166 cm³/mol. The van der Waals surface area contributed by atoms with Crippen LogP contribution in [-0.4, -0.2) is 55.0 Å². The molecule has 3 N–H and O–H groups in total. The molecule has 4 heterocycles. The lowest BCUT2D eigenvalue weighted by Crippen LogP contribution is -2.42. The first kappa shape index (κ1) is 29.5. The second-order valence-corrected chi connectivity index (χ2v) is 10.7. The zero-order valence-corrected chi connectivity index (χ0v) is 24.4. The molecule has 0 radical (unpaired) electrons. The summed E-state index contributed by atoms with van der Waals surface area (Å²) >= 11 is 0. The summed E-state index contributed by atoms with van der Waals surface area (Å²) in [6.45, 7) is 1.12. The van der Waals surface area contributed by atoms with Crippen LogP contribution in [0.1, 0.15) is 29.7 Å². The van der Waals surface area contributed by atoms with Gasteiger partial charge in [-0.3, -0.25) is 0 Å². The summed E-state index contributed by atoms with van der Waals surface area (Å²) < 4.78 is 22.0. The second kappa shape index (κ2) is 13.4. The second-order valence-electron chi connectivity index (χ2n) is 10.7. The van der Waals surface area contributed by atoms with Crippen molar-refractivity contribution in [2.24, 2.45) is 0 Å². The van der Waals surface area contributed by atoms with Crippen molar-refractivity contribution in [3.8, 4) is 11.8 Å². The lowest BCUT2D eigenvalue weighted by atomic mass is 10.0. The Bertz CT molecular complexity index is 1850. The number of piperidine rings is 1. The van der Waals surface area contributed by atoms with Gasteiger partial charge < -0.3 is 25.4 Å². The third-order valence-corrected chi connectivity index (χ3v) is 7.63. The average Bonchev–Trinajstić information content (AvgIpc) is 3.55. The Kier molecular flexibility index (Phi) is 8.79. The van der Waals surface area contributed by atoms with Crippen LogP contribution in [0.4, 0.5) is 26.5 Å². The number of hydrogen-bond acceptors (Lipinski definition) is 9. The molecule has 1 saturated heterocycles. The largest absolute Gasteiger partial charge is 0.445 e. The fraction of sp³-hybridized carbons (Fsp3) is 0.242. The number of aliphatic hydroxyl groups excluding tert-OH is 1. The Labute approximate surface area is 258 Å². The van der Waals surface area contributed by atoms with E-state index in [0.717, 1.165) is 16.5 Å². The van der Waals surface area contributed by atoms with Gasteiger partial charge in [0, 0.05) is 54.6 Å². The van der Waals surface area contributed by atoms with Crippen molar-refractivity contribution in [2.75, 3.05) is 23.7 Å². The molecule has 1 fully saturated rings. The zero-order chi connectivity index (χ0) is 31.2. The topological polar surface area (TPSA) is 141 Å². The number of nitrogens with zero attached hydrogens (tertiary/aromatic N) is 6. The highest BCUT2D eigenvalue weighted by Crippen LogP contribution is 2.27. The monoisotopic (exact) mass is 606 g/mol. The first-order valence-electron chi connectivity index (χ1n) is 14.6. The Hall–Kier alpha value is -5.54. The molecule has 1 aliphatic rings. The van der Waals surface area contributed by atoms with Gasteiger partial charge in [0.15, 0.2) is 0 Å². The maximum Gasteiger partial charge on any atom is 0.410 e. The highest BCUT2D eigenvalue weighted by molar-refractivity contribution is 5.84. The van der Waals surface area contributed by atoms with Gasteiger partial charge in [0.05, 0.1) is 41.7 Å². The Balaban J connectivity index is 1.12. The van der Waals surface area contributed by atoms with Gasteiger partial charge in [-0.05, 0) is 42.7 Å². The fourth-order valence-corrected chi connectivity index (χ4v) is 5.21. The van der Waals surface area contributed by atoms with Gasteiger partial charge in [-0.15, -0.1) is 0 Å². The van der Waals surface area contributed by atoms with E-state index < -0.39 is 5.82 Å². The molecule has 11 nitrogen and oxygen atoms in total. The lowest BCUT2D eigenvalue weighted by Gasteiger charge is -2.32. The molecule has 1 amide bonds. The van der Waals surface area contributed by atoms with E-state index >= 15 is 4.39 Å². The summed E-state index contributed by atoms with van der Waals surface area (Å²) in [4.78, 5) is 23.5. The van der Waals surface area contributed by atoms with Crippen LogP contribution in [0.2, 0.25) is 0 Å². The number of nitrogens with one attached hydrogen (secondary N) is 2. The maximum absolute atomic E-state index is 15.0. The van der Waals surface area contributed by atoms with E-state index in [4.69, 9.17) is 9.72 Å². The smallest absolute Gasteiger partial charge is 0.410 e. The van der Waals surface area contributed by atoms with Crippen LogP contribution >= 0.6 is 0 Å². The lowest BCUT2D eigenvalue weighted by molar-refractivity contribution is 0.0881. The maximum atomic E-state index is 15.0. The van der Waals surface area contributed by atoms with Gasteiger partial charge in [-0.2, -0.15) is 10.4 Å². The molecule has 45 heavy (non-hydrogen) atoms. The van der Waals surface area contributed by atoms with Crippen LogP contribution in [0, 0.1) is 17.1 Å². The quantitative estimate of drug-likeness (QED) is 0.199. The molecule has 0 saturated carbocycles. The van der Waals surface area contributed by atoms with Crippen LogP contribution < -0.4 is 10.6 Å². The van der Waals surface area contributed by atoms with Gasteiger partial charge >= 0.3 is 6.09 Å². The van der Waals surface area contributed by atoms with E-state index in [0.29, 0.717) is 54.5 Å². The number of halogens is 1. The van der Waals surface area contributed by atoms with Crippen molar-refractivity contribution in [2.45, 2.75) is 38.5 Å². The summed E-state index contributed by atoms with van der Waals surface area (Å²) in [6.07, 6.45) is 4.53. The molecule has 0 unspecified atom stereocenters. The first-order chi connectivity index (χ1) is 22.0. The number of aliphatic hydroxyl groups is 1. The van der Waals surface area contributed by atoms with Crippen LogP contribution in [0.3, 0.4) is 0 Å². The SMILES string of the molecule is N#CCc1cc2cnc(Nc3ccc(-n4ccc(CO)n4)cc3F)cc2nc1NC1CCN(C(=O)OCc2ccccc2)CC1. The van der Waals surface area contributed by atoms with Gasteiger partial charge in [0.1, 0.15) is 24.1 Å². The molecule has 6 rings (SSSR count). The molecule has 2 aromatic carbocycles. The number of fused-ring (bicyclic) bond motifs is 1. The molecule has 1 aliphatic heterocycles. The number of hydrogen-bond donors (Lipinski definition) is 3. The third kappa shape index (κ3) is 7.00. The number of aromatic nitrogens is 4. The zero-order valence-electron chi connectivity index (χ0n) is 24.4. The minimum atomic E-state index is -0.495. The number of rotatable bonds is 9. The standard InChI is InChI=1S/C33H31FN8O3/c34-28-17-27(42-15-11-26(20-43)40-42)6-7-29(28)38-31-18-30-24(19-36-31)16-23(8-12-35)32(39-30)37-25-9-13-41(14-10-25)33(44)45-21-22-4-2-1-3-5-22/h1-7,11,15-19,25,43H,8-10,13-14,20-21H2,(H,36,38)(H,37,39). The number of likely N-dealkylation sites (tertiary alicyclic amines) is 1. The van der Waals surface area contributed by atoms with Gasteiger partial charge in [-0.25, -0.2) is 23.8 Å². The number of benzene rings is 2. The number of amides is 1. The molecule has 12 heteroatoms. The van der Waals surface area contributed by atoms with E-state index in [2.05, 4.69) is 26.8 Å². The normalized spacial score (nSPS) is 13.4. The summed E-state index contributed by atoms with van der Waals surface area (Å²) in [5.74, 6) is 0.512. The number of carbonyl (C=O) groups is 1. The van der Waals surface area contributed by atoms with E-state index in [-0.39, 0.29) is 37.5 Å². The minimum Gasteiger partial charge on any atom is -0.445 e. The van der Waals surface area contributed by atoms with Gasteiger partial charge in [0.2, 0.25) is 0 Å². The molecular formula is C33H31FN8O3. The number of pyridine rings is 2. The van der Waals surface area contributed by atoms with E-state index in [1.165, 1.54) is 10.7 Å². The minimum absolute atomic E-state index is 0.0563. The number of ether oxygens (including phenoxy) is 1. The molecule has 0 bridgehead atoms. The molecule has 5 aromatic rings. The first-order valence-corrected chi connectivity index (χ1v) is 14.6. The highest BCUT2D eigenvalue weighted by atomic mass is 19.1. The van der Waals surface area contributed by atoms with E-state index in [1.54, 1.807) is 41.6 Å². The molecule has 3 aromatic heterocycles. The third-order valence-electron chi connectivity index (χ3n) is 7.63. The molecule has 0 aliphatic carbocycles. The summed E-state index contributed by atoms with van der Waals surface area (Å²) in [5, 5.41) is 30.1.